The third-order valence-corrected chi connectivity index (χ3v) is 10.1. The zero-order valence-corrected chi connectivity index (χ0v) is 23.3. The maximum absolute atomic E-state index is 5.22. The molecule has 1 aromatic heterocycles. The molecule has 0 radical (unpaired) electrons. The van der Waals surface area contributed by atoms with Crippen LogP contribution in [0.25, 0.3) is 21.7 Å². The molecule has 0 unspecified atom stereocenters. The summed E-state index contributed by atoms with van der Waals surface area (Å²) in [5, 5.41) is 3.56. The number of nitrogens with zero attached hydrogens (tertiary/aromatic N) is 3. The third kappa shape index (κ3) is 2.86. The highest BCUT2D eigenvalue weighted by Crippen LogP contribution is 2.54. The maximum atomic E-state index is 5.22. The second kappa shape index (κ2) is 8.28. The maximum Gasteiger partial charge on any atom is 0.252 e. The van der Waals surface area contributed by atoms with Gasteiger partial charge in [-0.3, -0.25) is 4.98 Å². The van der Waals surface area contributed by atoms with Crippen LogP contribution in [-0.2, 0) is 0 Å². The molecule has 0 amide bonds. The predicted octanol–water partition coefficient (Wildman–Crippen LogP) is 7.94. The molecule has 4 heterocycles. The second-order valence-electron chi connectivity index (χ2n) is 11.2. The Morgan fingerprint density at radius 3 is 2.21 bits per heavy atom. The molecule has 0 saturated heterocycles. The molecule has 0 atom stereocenters. The SMILES string of the molecule is c1ccc(N2c3ccccc3B3c4cccc5c4N(c4ccccc4S5)c4cc5c(ncc6ccccc65)c2c43)cc1. The van der Waals surface area contributed by atoms with Crippen molar-refractivity contribution in [3.05, 3.63) is 134 Å². The Hall–Kier alpha value is -5.00. The van der Waals surface area contributed by atoms with Gasteiger partial charge in [-0.25, -0.2) is 0 Å². The third-order valence-electron chi connectivity index (χ3n) is 9.02. The Morgan fingerprint density at radius 2 is 1.29 bits per heavy atom. The highest BCUT2D eigenvalue weighted by molar-refractivity contribution is 7.99. The summed E-state index contributed by atoms with van der Waals surface area (Å²) < 4.78 is 0. The van der Waals surface area contributed by atoms with Crippen LogP contribution in [0.2, 0.25) is 0 Å². The van der Waals surface area contributed by atoms with Crippen molar-refractivity contribution in [3.63, 3.8) is 0 Å². The first-order chi connectivity index (χ1) is 20.9. The Kier molecular flexibility index (Phi) is 4.47. The normalized spacial score (nSPS) is 14.0. The number of rotatable bonds is 1. The van der Waals surface area contributed by atoms with Gasteiger partial charge in [0.1, 0.15) is 0 Å². The van der Waals surface area contributed by atoms with Crippen LogP contribution in [0.5, 0.6) is 0 Å². The lowest BCUT2D eigenvalue weighted by atomic mass is 9.33. The Balaban J connectivity index is 1.44. The minimum atomic E-state index is 0.0981. The van der Waals surface area contributed by atoms with Crippen LogP contribution in [-0.4, -0.2) is 11.7 Å². The molecule has 6 aromatic carbocycles. The minimum Gasteiger partial charge on any atom is -0.309 e. The zero-order chi connectivity index (χ0) is 27.4. The van der Waals surface area contributed by atoms with Gasteiger partial charge in [-0.2, -0.15) is 0 Å². The van der Waals surface area contributed by atoms with E-state index in [0.29, 0.717) is 0 Å². The monoisotopic (exact) mass is 551 g/mol. The molecular formula is C37H22BN3S. The molecular weight excluding hydrogens is 529 g/mol. The van der Waals surface area contributed by atoms with E-state index in [2.05, 4.69) is 137 Å². The Bertz CT molecular complexity index is 2260. The van der Waals surface area contributed by atoms with Crippen molar-refractivity contribution < 1.29 is 0 Å². The van der Waals surface area contributed by atoms with Crippen molar-refractivity contribution in [3.8, 4) is 0 Å². The van der Waals surface area contributed by atoms with Crippen LogP contribution in [0.15, 0.2) is 143 Å². The lowest BCUT2D eigenvalue weighted by molar-refractivity contribution is 1.17. The lowest BCUT2D eigenvalue weighted by Gasteiger charge is -2.46. The largest absolute Gasteiger partial charge is 0.309 e. The first-order valence-corrected chi connectivity index (χ1v) is 15.2. The highest BCUT2D eigenvalue weighted by Gasteiger charge is 2.46. The number of hydrogen-bond acceptors (Lipinski definition) is 4. The van der Waals surface area contributed by atoms with Gasteiger partial charge in [0, 0.05) is 43.8 Å². The smallest absolute Gasteiger partial charge is 0.252 e. The van der Waals surface area contributed by atoms with E-state index in [0.717, 1.165) is 16.6 Å². The molecule has 0 fully saturated rings. The van der Waals surface area contributed by atoms with Gasteiger partial charge in [-0.15, -0.1) is 0 Å². The standard InChI is InChI=1S/C37H22BN3S/c1-2-12-24(13-3-1)40-29-17-7-6-15-27(29)38-28-16-10-20-33-36(28)41(30-18-8-9-19-32(30)42-33)31-21-26-25-14-5-4-11-23(25)22-39-35(26)37(40)34(31)38/h1-22H. The second-order valence-corrected chi connectivity index (χ2v) is 12.2. The van der Waals surface area contributed by atoms with Crippen LogP contribution in [0.3, 0.4) is 0 Å². The van der Waals surface area contributed by atoms with E-state index in [-0.39, 0.29) is 6.71 Å². The molecule has 42 heavy (non-hydrogen) atoms. The van der Waals surface area contributed by atoms with Crippen LogP contribution >= 0.6 is 11.8 Å². The first kappa shape index (κ1) is 22.7. The van der Waals surface area contributed by atoms with Gasteiger partial charge in [-0.05, 0) is 64.2 Å². The van der Waals surface area contributed by atoms with Gasteiger partial charge < -0.3 is 9.80 Å². The van der Waals surface area contributed by atoms with E-state index in [9.17, 15) is 0 Å². The van der Waals surface area contributed by atoms with Crippen LogP contribution in [0.4, 0.5) is 34.1 Å². The number of aromatic nitrogens is 1. The molecule has 7 aromatic rings. The Morgan fingerprint density at radius 1 is 0.548 bits per heavy atom. The molecule has 3 aliphatic rings. The molecule has 3 aliphatic heterocycles. The van der Waals surface area contributed by atoms with E-state index in [1.165, 1.54) is 65.4 Å². The van der Waals surface area contributed by atoms with E-state index in [1.54, 1.807) is 0 Å². The van der Waals surface area contributed by atoms with Gasteiger partial charge in [0.05, 0.1) is 22.6 Å². The minimum absolute atomic E-state index is 0.0981. The molecule has 0 N–H and O–H groups in total. The van der Waals surface area contributed by atoms with Crippen molar-refractivity contribution >= 4 is 90.7 Å². The average Bonchev–Trinajstić information content (AvgIpc) is 3.06. The predicted molar refractivity (Wildman–Crippen MR) is 177 cm³/mol. The summed E-state index contributed by atoms with van der Waals surface area (Å²) in [4.78, 5) is 12.8. The molecule has 0 spiro atoms. The summed E-state index contributed by atoms with van der Waals surface area (Å²) in [5.41, 5.74) is 12.3. The van der Waals surface area contributed by atoms with E-state index in [4.69, 9.17) is 4.98 Å². The highest BCUT2D eigenvalue weighted by atomic mass is 32.2. The summed E-state index contributed by atoms with van der Waals surface area (Å²) in [6, 6.07) is 46.5. The number of anilines is 6. The fraction of sp³-hybridized carbons (Fsp3) is 0. The van der Waals surface area contributed by atoms with Gasteiger partial charge >= 0.3 is 0 Å². The lowest BCUT2D eigenvalue weighted by Crippen LogP contribution is -2.61. The zero-order valence-electron chi connectivity index (χ0n) is 22.5. The van der Waals surface area contributed by atoms with Gasteiger partial charge in [0.25, 0.3) is 6.71 Å². The number of benzene rings is 6. The summed E-state index contributed by atoms with van der Waals surface area (Å²) in [7, 11) is 0. The topological polar surface area (TPSA) is 19.4 Å². The molecule has 0 aliphatic carbocycles. The van der Waals surface area contributed by atoms with E-state index >= 15 is 0 Å². The molecule has 0 saturated carbocycles. The summed E-state index contributed by atoms with van der Waals surface area (Å²) >= 11 is 1.88. The van der Waals surface area contributed by atoms with Crippen LogP contribution in [0, 0.1) is 0 Å². The number of pyridine rings is 1. The van der Waals surface area contributed by atoms with E-state index in [1.807, 2.05) is 18.0 Å². The fourth-order valence-corrected chi connectivity index (χ4v) is 8.47. The molecule has 194 valence electrons. The van der Waals surface area contributed by atoms with Crippen LogP contribution in [0.1, 0.15) is 0 Å². The quantitative estimate of drug-likeness (QED) is 0.152. The first-order valence-electron chi connectivity index (χ1n) is 14.4. The summed E-state index contributed by atoms with van der Waals surface area (Å²) in [6.07, 6.45) is 2.04. The molecule has 0 bridgehead atoms. The van der Waals surface area contributed by atoms with Gasteiger partial charge in [0.15, 0.2) is 0 Å². The average molecular weight is 551 g/mol. The summed E-state index contributed by atoms with van der Waals surface area (Å²) in [6.45, 7) is 0.0981. The molecule has 3 nitrogen and oxygen atoms in total. The van der Waals surface area contributed by atoms with Crippen molar-refractivity contribution in [2.24, 2.45) is 0 Å². The number of para-hydroxylation sites is 4. The van der Waals surface area contributed by atoms with Crippen LogP contribution < -0.4 is 26.2 Å². The van der Waals surface area contributed by atoms with Crippen molar-refractivity contribution in [2.45, 2.75) is 9.79 Å². The van der Waals surface area contributed by atoms with Crippen molar-refractivity contribution in [1.29, 1.82) is 0 Å². The summed E-state index contributed by atoms with van der Waals surface area (Å²) in [5.74, 6) is 0. The Labute approximate surface area is 248 Å². The van der Waals surface area contributed by atoms with Crippen molar-refractivity contribution in [1.82, 2.24) is 4.98 Å². The fourth-order valence-electron chi connectivity index (χ4n) is 7.37. The van der Waals surface area contributed by atoms with Gasteiger partial charge in [-0.1, -0.05) is 96.7 Å². The van der Waals surface area contributed by atoms with Crippen molar-refractivity contribution in [2.75, 3.05) is 9.80 Å². The van der Waals surface area contributed by atoms with Gasteiger partial charge in [0.2, 0.25) is 0 Å². The number of hydrogen-bond donors (Lipinski definition) is 0. The number of fused-ring (bicyclic) bond motifs is 10. The van der Waals surface area contributed by atoms with E-state index < -0.39 is 0 Å². The molecule has 10 rings (SSSR count). The molecule has 5 heteroatoms.